The molecule has 0 spiro atoms. The van der Waals surface area contributed by atoms with Crippen molar-refractivity contribution in [3.8, 4) is 10.6 Å². The normalized spacial score (nSPS) is 25.6. The Kier molecular flexibility index (Phi) is 4.28. The summed E-state index contributed by atoms with van der Waals surface area (Å²) in [5.74, 6) is -0.338. The number of aryl methyl sites for hydroxylation is 2. The van der Waals surface area contributed by atoms with E-state index in [9.17, 15) is 9.59 Å². The molecule has 2 bridgehead atoms. The van der Waals surface area contributed by atoms with Crippen LogP contribution in [0.1, 0.15) is 48.2 Å². The maximum absolute atomic E-state index is 12.8. The summed E-state index contributed by atoms with van der Waals surface area (Å²) in [7, 11) is 0. The van der Waals surface area contributed by atoms with Gasteiger partial charge in [0.2, 0.25) is 0 Å². The van der Waals surface area contributed by atoms with Crippen LogP contribution >= 0.6 is 22.9 Å². The zero-order valence-electron chi connectivity index (χ0n) is 14.3. The van der Waals surface area contributed by atoms with Crippen molar-refractivity contribution in [2.45, 2.75) is 45.4 Å². The van der Waals surface area contributed by atoms with Crippen LogP contribution in [-0.4, -0.2) is 16.6 Å². The summed E-state index contributed by atoms with van der Waals surface area (Å²) in [6, 6.07) is 5.83. The SMILES string of the molecule is CCc1sc(-c2ccc(Cl)c(C)c2)nc1C1C(=O)[C@@H]2CC[C@H](C2)C1=O. The van der Waals surface area contributed by atoms with Gasteiger partial charge in [-0.25, -0.2) is 4.98 Å². The molecule has 3 nitrogen and oxygen atoms in total. The summed E-state index contributed by atoms with van der Waals surface area (Å²) in [5, 5.41) is 1.59. The molecule has 1 aromatic carbocycles. The second-order valence-electron chi connectivity index (χ2n) is 7.09. The van der Waals surface area contributed by atoms with E-state index in [0.29, 0.717) is 5.69 Å². The highest BCUT2D eigenvalue weighted by Crippen LogP contribution is 2.45. The highest BCUT2D eigenvalue weighted by atomic mass is 35.5. The number of hydrogen-bond acceptors (Lipinski definition) is 4. The molecule has 0 amide bonds. The van der Waals surface area contributed by atoms with Gasteiger partial charge in [-0.1, -0.05) is 24.6 Å². The van der Waals surface area contributed by atoms with Crippen molar-refractivity contribution in [1.82, 2.24) is 4.98 Å². The minimum atomic E-state index is -0.639. The zero-order valence-corrected chi connectivity index (χ0v) is 15.9. The summed E-state index contributed by atoms with van der Waals surface area (Å²) >= 11 is 7.71. The number of rotatable bonds is 3. The zero-order chi connectivity index (χ0) is 17.7. The van der Waals surface area contributed by atoms with Gasteiger partial charge in [-0.05, 0) is 50.3 Å². The lowest BCUT2D eigenvalue weighted by atomic mass is 9.77. The standard InChI is InChI=1S/C20H20ClNO2S/c1-3-15-17(16-18(23)11-4-5-12(9-11)19(16)24)22-20(25-15)13-6-7-14(21)10(2)8-13/h6-8,11-12,16H,3-5,9H2,1-2H3/t11-,12-/m1/s1. The first-order chi connectivity index (χ1) is 12.0. The van der Waals surface area contributed by atoms with Gasteiger partial charge in [0, 0.05) is 27.3 Å². The van der Waals surface area contributed by atoms with Crippen molar-refractivity contribution in [1.29, 1.82) is 0 Å². The van der Waals surface area contributed by atoms with E-state index < -0.39 is 5.92 Å². The Labute approximate surface area is 156 Å². The summed E-state index contributed by atoms with van der Waals surface area (Å²) < 4.78 is 0. The Hall–Kier alpha value is -1.52. The average Bonchev–Trinajstić information content (AvgIpc) is 3.22. The Morgan fingerprint density at radius 2 is 1.88 bits per heavy atom. The van der Waals surface area contributed by atoms with E-state index in [-0.39, 0.29) is 23.4 Å². The quantitative estimate of drug-likeness (QED) is 0.712. The highest BCUT2D eigenvalue weighted by molar-refractivity contribution is 7.15. The number of thiazole rings is 1. The van der Waals surface area contributed by atoms with E-state index in [4.69, 9.17) is 16.6 Å². The first-order valence-corrected chi connectivity index (χ1v) is 10.0. The molecule has 0 N–H and O–H groups in total. The van der Waals surface area contributed by atoms with Crippen molar-refractivity contribution in [3.05, 3.63) is 39.4 Å². The lowest BCUT2D eigenvalue weighted by molar-refractivity contribution is -0.136. The van der Waals surface area contributed by atoms with E-state index >= 15 is 0 Å². The molecule has 0 saturated heterocycles. The van der Waals surface area contributed by atoms with Crippen LogP contribution in [0.25, 0.3) is 10.6 Å². The molecular weight excluding hydrogens is 354 g/mol. The smallest absolute Gasteiger partial charge is 0.152 e. The second kappa shape index (κ2) is 6.33. The number of aromatic nitrogens is 1. The number of Topliss-reactive ketones (excluding diaryl/α,β-unsaturated/α-hetero) is 2. The van der Waals surface area contributed by atoms with E-state index in [0.717, 1.165) is 51.7 Å². The first kappa shape index (κ1) is 16.9. The fourth-order valence-electron chi connectivity index (χ4n) is 4.12. The van der Waals surface area contributed by atoms with Gasteiger partial charge in [-0.3, -0.25) is 9.59 Å². The molecule has 0 unspecified atom stereocenters. The Morgan fingerprint density at radius 3 is 2.48 bits per heavy atom. The van der Waals surface area contributed by atoms with E-state index in [2.05, 4.69) is 6.92 Å². The van der Waals surface area contributed by atoms with Gasteiger partial charge in [0.25, 0.3) is 0 Å². The number of ketones is 2. The Bertz CT molecular complexity index is 851. The van der Waals surface area contributed by atoms with Crippen LogP contribution in [0.15, 0.2) is 18.2 Å². The highest BCUT2D eigenvalue weighted by Gasteiger charge is 2.48. The number of carbonyl (C=O) groups is 2. The predicted molar refractivity (Wildman–Crippen MR) is 100 cm³/mol. The van der Waals surface area contributed by atoms with Gasteiger partial charge in [-0.15, -0.1) is 11.3 Å². The fraction of sp³-hybridized carbons (Fsp3) is 0.450. The molecule has 130 valence electrons. The molecule has 5 heteroatoms. The summed E-state index contributed by atoms with van der Waals surface area (Å²) in [6.45, 7) is 4.02. The number of nitrogens with zero attached hydrogens (tertiary/aromatic N) is 1. The minimum absolute atomic E-state index is 0.0559. The largest absolute Gasteiger partial charge is 0.298 e. The second-order valence-corrected chi connectivity index (χ2v) is 8.58. The van der Waals surface area contributed by atoms with Crippen LogP contribution in [-0.2, 0) is 16.0 Å². The summed E-state index contributed by atoms with van der Waals surface area (Å²) in [4.78, 5) is 31.5. The number of fused-ring (bicyclic) bond motifs is 2. The van der Waals surface area contributed by atoms with Crippen molar-refractivity contribution in [3.63, 3.8) is 0 Å². The van der Waals surface area contributed by atoms with E-state index in [1.807, 2.05) is 25.1 Å². The van der Waals surface area contributed by atoms with Crippen molar-refractivity contribution in [2.24, 2.45) is 11.8 Å². The molecule has 2 aromatic rings. The molecule has 0 aliphatic heterocycles. The topological polar surface area (TPSA) is 47.0 Å². The number of hydrogen-bond donors (Lipinski definition) is 0. The average molecular weight is 374 g/mol. The van der Waals surface area contributed by atoms with Crippen LogP contribution < -0.4 is 0 Å². The molecule has 1 aromatic heterocycles. The number of benzene rings is 1. The van der Waals surface area contributed by atoms with Gasteiger partial charge in [0.1, 0.15) is 10.9 Å². The number of carbonyl (C=O) groups excluding carboxylic acids is 2. The lowest BCUT2D eigenvalue weighted by Crippen LogP contribution is -2.35. The molecule has 2 atom stereocenters. The molecule has 1 heterocycles. The maximum Gasteiger partial charge on any atom is 0.152 e. The fourth-order valence-corrected chi connectivity index (χ4v) is 5.28. The molecule has 2 fully saturated rings. The molecule has 2 aliphatic carbocycles. The van der Waals surface area contributed by atoms with Crippen molar-refractivity contribution >= 4 is 34.5 Å². The lowest BCUT2D eigenvalue weighted by Gasteiger charge is -2.24. The molecule has 25 heavy (non-hydrogen) atoms. The maximum atomic E-state index is 12.8. The monoisotopic (exact) mass is 373 g/mol. The van der Waals surface area contributed by atoms with Gasteiger partial charge >= 0.3 is 0 Å². The molecule has 2 saturated carbocycles. The van der Waals surface area contributed by atoms with Gasteiger partial charge in [0.05, 0.1) is 5.69 Å². The van der Waals surface area contributed by atoms with Gasteiger partial charge < -0.3 is 0 Å². The third-order valence-electron chi connectivity index (χ3n) is 5.53. The van der Waals surface area contributed by atoms with Gasteiger partial charge in [-0.2, -0.15) is 0 Å². The molecular formula is C20H20ClNO2S. The first-order valence-electron chi connectivity index (χ1n) is 8.83. The minimum Gasteiger partial charge on any atom is -0.298 e. The predicted octanol–water partition coefficient (Wildman–Crippen LogP) is 4.99. The van der Waals surface area contributed by atoms with Gasteiger partial charge in [0.15, 0.2) is 11.6 Å². The van der Waals surface area contributed by atoms with E-state index in [1.54, 1.807) is 11.3 Å². The van der Waals surface area contributed by atoms with Crippen molar-refractivity contribution < 1.29 is 9.59 Å². The molecule has 2 aliphatic rings. The summed E-state index contributed by atoms with van der Waals surface area (Å²) in [6.07, 6.45) is 3.26. The van der Waals surface area contributed by atoms with Crippen LogP contribution in [0.4, 0.5) is 0 Å². The van der Waals surface area contributed by atoms with Crippen LogP contribution in [0.2, 0.25) is 5.02 Å². The third-order valence-corrected chi connectivity index (χ3v) is 7.22. The third kappa shape index (κ3) is 2.76. The van der Waals surface area contributed by atoms with Crippen LogP contribution in [0, 0.1) is 18.8 Å². The Balaban J connectivity index is 1.77. The summed E-state index contributed by atoms with van der Waals surface area (Å²) in [5.41, 5.74) is 2.70. The van der Waals surface area contributed by atoms with Crippen LogP contribution in [0.3, 0.4) is 0 Å². The van der Waals surface area contributed by atoms with Crippen LogP contribution in [0.5, 0.6) is 0 Å². The number of halogens is 1. The Morgan fingerprint density at radius 1 is 1.20 bits per heavy atom. The molecule has 4 rings (SSSR count). The van der Waals surface area contributed by atoms with E-state index in [1.165, 1.54) is 0 Å². The molecule has 0 radical (unpaired) electrons. The van der Waals surface area contributed by atoms with Crippen molar-refractivity contribution in [2.75, 3.05) is 0 Å².